The predicted molar refractivity (Wildman–Crippen MR) is 94.7 cm³/mol. The first kappa shape index (κ1) is 14.9. The van der Waals surface area contributed by atoms with Crippen molar-refractivity contribution in [2.45, 2.75) is 0 Å². The van der Waals surface area contributed by atoms with Gasteiger partial charge in [-0.25, -0.2) is 24.3 Å². The van der Waals surface area contributed by atoms with Crippen LogP contribution in [-0.4, -0.2) is 19.9 Å². The summed E-state index contributed by atoms with van der Waals surface area (Å²) in [5.41, 5.74) is 7.79. The summed E-state index contributed by atoms with van der Waals surface area (Å²) in [6.07, 6.45) is 3.02. The molecule has 0 radical (unpaired) electrons. The third-order valence-electron chi connectivity index (χ3n) is 3.69. The number of nitrogens with zero attached hydrogens (tertiary/aromatic N) is 4. The summed E-state index contributed by atoms with van der Waals surface area (Å²) in [5, 5.41) is 3.98. The molecule has 0 fully saturated rings. The Morgan fingerprint density at radius 1 is 0.960 bits per heavy atom. The zero-order valence-electron chi connectivity index (χ0n) is 13.0. The van der Waals surface area contributed by atoms with Crippen LogP contribution in [-0.2, 0) is 0 Å². The van der Waals surface area contributed by atoms with Crippen molar-refractivity contribution in [2.75, 3.05) is 11.1 Å². The highest BCUT2D eigenvalue weighted by molar-refractivity contribution is 5.93. The van der Waals surface area contributed by atoms with E-state index < -0.39 is 0 Å². The van der Waals surface area contributed by atoms with E-state index in [1.165, 1.54) is 12.4 Å². The molecule has 4 rings (SSSR count). The molecule has 0 aliphatic carbocycles. The molecule has 7 heteroatoms. The van der Waals surface area contributed by atoms with E-state index in [-0.39, 0.29) is 5.82 Å². The van der Waals surface area contributed by atoms with Gasteiger partial charge in [-0.3, -0.25) is 0 Å². The van der Waals surface area contributed by atoms with Crippen molar-refractivity contribution in [1.82, 2.24) is 19.9 Å². The van der Waals surface area contributed by atoms with Gasteiger partial charge in [0.05, 0.1) is 11.4 Å². The minimum atomic E-state index is -0.345. The van der Waals surface area contributed by atoms with E-state index in [0.717, 1.165) is 5.39 Å². The van der Waals surface area contributed by atoms with E-state index in [1.54, 1.807) is 36.5 Å². The number of aromatic nitrogens is 4. The number of nitrogens with two attached hydrogens (primary N) is 1. The van der Waals surface area contributed by atoms with Gasteiger partial charge in [-0.1, -0.05) is 12.1 Å². The normalized spacial score (nSPS) is 10.8. The molecule has 0 aliphatic rings. The average molecular weight is 332 g/mol. The summed E-state index contributed by atoms with van der Waals surface area (Å²) in [6.45, 7) is 0. The van der Waals surface area contributed by atoms with Crippen molar-refractivity contribution in [2.24, 2.45) is 0 Å². The summed E-state index contributed by atoms with van der Waals surface area (Å²) in [7, 11) is 0. The predicted octanol–water partition coefficient (Wildman–Crippen LogP) is 3.55. The molecule has 3 heterocycles. The second-order valence-corrected chi connectivity index (χ2v) is 5.36. The Labute approximate surface area is 142 Å². The molecule has 3 aromatic heterocycles. The lowest BCUT2D eigenvalue weighted by molar-refractivity contribution is 0.631. The number of hydrogen-bond acceptors (Lipinski definition) is 6. The Bertz CT molecular complexity index is 1070. The first-order valence-electron chi connectivity index (χ1n) is 7.56. The molecule has 0 saturated heterocycles. The molecule has 0 unspecified atom stereocenters. The molecular formula is C18H13FN6. The number of rotatable bonds is 3. The lowest BCUT2D eigenvalue weighted by Crippen LogP contribution is -2.00. The second-order valence-electron chi connectivity index (χ2n) is 5.36. The van der Waals surface area contributed by atoms with Crippen LogP contribution in [0.4, 0.5) is 21.7 Å². The van der Waals surface area contributed by atoms with Crippen molar-refractivity contribution >= 4 is 28.4 Å². The lowest BCUT2D eigenvalue weighted by Gasteiger charge is -2.11. The first-order chi connectivity index (χ1) is 12.2. The van der Waals surface area contributed by atoms with Gasteiger partial charge in [0.15, 0.2) is 5.65 Å². The number of nitrogens with one attached hydrogen (secondary N) is 1. The van der Waals surface area contributed by atoms with Crippen LogP contribution in [0.3, 0.4) is 0 Å². The Morgan fingerprint density at radius 3 is 2.68 bits per heavy atom. The van der Waals surface area contributed by atoms with E-state index >= 15 is 0 Å². The van der Waals surface area contributed by atoms with Gasteiger partial charge in [-0.15, -0.1) is 0 Å². The number of fused-ring (bicyclic) bond motifs is 1. The summed E-state index contributed by atoms with van der Waals surface area (Å²) in [6, 6.07) is 13.6. The van der Waals surface area contributed by atoms with Crippen molar-refractivity contribution in [3.05, 3.63) is 66.9 Å². The lowest BCUT2D eigenvalue weighted by atomic mass is 10.1. The maximum absolute atomic E-state index is 14.2. The molecule has 0 atom stereocenters. The molecule has 6 nitrogen and oxygen atoms in total. The van der Waals surface area contributed by atoms with E-state index in [0.29, 0.717) is 34.2 Å². The van der Waals surface area contributed by atoms with Gasteiger partial charge in [-0.05, 0) is 30.3 Å². The summed E-state index contributed by atoms with van der Waals surface area (Å²) in [4.78, 5) is 16.8. The van der Waals surface area contributed by atoms with Crippen LogP contribution in [0.5, 0.6) is 0 Å². The van der Waals surface area contributed by atoms with Gasteiger partial charge in [0.1, 0.15) is 23.8 Å². The minimum Gasteiger partial charge on any atom is -0.384 e. The van der Waals surface area contributed by atoms with Crippen LogP contribution in [0.2, 0.25) is 0 Å². The van der Waals surface area contributed by atoms with Crippen LogP contribution >= 0.6 is 0 Å². The Kier molecular flexibility index (Phi) is 3.66. The standard InChI is InChI=1S/C18H13FN6/c19-13-6-2-1-4-11(13)14-8-15(12-5-3-7-21-18(12)25-14)24-17-9-16(20)22-10-23-17/h1-10H,(H3,20,21,22,23,24,25). The number of benzene rings is 1. The maximum atomic E-state index is 14.2. The van der Waals surface area contributed by atoms with Gasteiger partial charge in [0.2, 0.25) is 0 Å². The van der Waals surface area contributed by atoms with Gasteiger partial charge in [0, 0.05) is 23.2 Å². The van der Waals surface area contributed by atoms with Crippen LogP contribution in [0.25, 0.3) is 22.3 Å². The second kappa shape index (κ2) is 6.12. The molecule has 122 valence electrons. The summed E-state index contributed by atoms with van der Waals surface area (Å²) < 4.78 is 14.2. The number of pyridine rings is 2. The highest BCUT2D eigenvalue weighted by atomic mass is 19.1. The van der Waals surface area contributed by atoms with Crippen LogP contribution in [0, 0.1) is 5.82 Å². The number of hydrogen-bond donors (Lipinski definition) is 2. The van der Waals surface area contributed by atoms with E-state index in [2.05, 4.69) is 25.3 Å². The highest BCUT2D eigenvalue weighted by Crippen LogP contribution is 2.30. The molecule has 1 aromatic carbocycles. The zero-order chi connectivity index (χ0) is 17.2. The topological polar surface area (TPSA) is 89.6 Å². The zero-order valence-corrected chi connectivity index (χ0v) is 13.0. The monoisotopic (exact) mass is 332 g/mol. The van der Waals surface area contributed by atoms with E-state index in [4.69, 9.17) is 5.73 Å². The molecule has 0 aliphatic heterocycles. The van der Waals surface area contributed by atoms with Gasteiger partial charge in [-0.2, -0.15) is 0 Å². The fourth-order valence-electron chi connectivity index (χ4n) is 2.55. The molecule has 0 saturated carbocycles. The van der Waals surface area contributed by atoms with Crippen molar-refractivity contribution in [1.29, 1.82) is 0 Å². The molecule has 3 N–H and O–H groups in total. The van der Waals surface area contributed by atoms with Crippen LogP contribution in [0.1, 0.15) is 0 Å². The Hall–Kier alpha value is -3.61. The van der Waals surface area contributed by atoms with Crippen molar-refractivity contribution < 1.29 is 4.39 Å². The fraction of sp³-hybridized carbons (Fsp3) is 0. The van der Waals surface area contributed by atoms with Gasteiger partial charge < -0.3 is 11.1 Å². The van der Waals surface area contributed by atoms with E-state index in [9.17, 15) is 4.39 Å². The van der Waals surface area contributed by atoms with Gasteiger partial charge >= 0.3 is 0 Å². The Balaban J connectivity index is 1.89. The quantitative estimate of drug-likeness (QED) is 0.596. The van der Waals surface area contributed by atoms with Gasteiger partial charge in [0.25, 0.3) is 0 Å². The SMILES string of the molecule is Nc1cc(Nc2cc(-c3ccccc3F)nc3ncccc23)ncn1. The molecule has 25 heavy (non-hydrogen) atoms. The minimum absolute atomic E-state index is 0.345. The fourth-order valence-corrected chi connectivity index (χ4v) is 2.55. The third-order valence-corrected chi connectivity index (χ3v) is 3.69. The molecule has 0 spiro atoms. The average Bonchev–Trinajstić information content (AvgIpc) is 2.62. The molecule has 0 bridgehead atoms. The smallest absolute Gasteiger partial charge is 0.161 e. The highest BCUT2D eigenvalue weighted by Gasteiger charge is 2.12. The number of halogens is 1. The Morgan fingerprint density at radius 2 is 1.84 bits per heavy atom. The summed E-state index contributed by atoms with van der Waals surface area (Å²) in [5.74, 6) is 0.536. The molecule has 0 amide bonds. The first-order valence-corrected chi connectivity index (χ1v) is 7.56. The maximum Gasteiger partial charge on any atom is 0.161 e. The van der Waals surface area contributed by atoms with Crippen molar-refractivity contribution in [3.63, 3.8) is 0 Å². The molecule has 4 aromatic rings. The number of nitrogen functional groups attached to an aromatic ring is 1. The summed E-state index contributed by atoms with van der Waals surface area (Å²) >= 11 is 0. The van der Waals surface area contributed by atoms with Crippen molar-refractivity contribution in [3.8, 4) is 11.3 Å². The largest absolute Gasteiger partial charge is 0.384 e. The number of anilines is 3. The molecular weight excluding hydrogens is 319 g/mol. The third kappa shape index (κ3) is 2.94. The van der Waals surface area contributed by atoms with Crippen LogP contribution < -0.4 is 11.1 Å². The van der Waals surface area contributed by atoms with Crippen LogP contribution in [0.15, 0.2) is 61.1 Å². The van der Waals surface area contributed by atoms with E-state index in [1.807, 2.05) is 12.1 Å².